The maximum atomic E-state index is 12.2. The molecule has 1 aromatic carbocycles. The van der Waals surface area contributed by atoms with Crippen LogP contribution in [0.5, 0.6) is 0 Å². The predicted molar refractivity (Wildman–Crippen MR) is 75.0 cm³/mol. The second-order valence-electron chi connectivity index (χ2n) is 4.36. The van der Waals surface area contributed by atoms with Crippen LogP contribution in [0, 0.1) is 0 Å². The van der Waals surface area contributed by atoms with E-state index in [0.29, 0.717) is 12.0 Å². The first kappa shape index (κ1) is 13.6. The molecule has 0 aliphatic carbocycles. The summed E-state index contributed by atoms with van der Waals surface area (Å²) in [5.74, 6) is 0.0597. The normalized spacial score (nSPS) is 10.1. The van der Waals surface area contributed by atoms with E-state index < -0.39 is 11.2 Å². The fraction of sp³-hybridized carbons (Fsp3) is 0.231. The zero-order valence-corrected chi connectivity index (χ0v) is 11.1. The van der Waals surface area contributed by atoms with Gasteiger partial charge in [0.2, 0.25) is 0 Å². The van der Waals surface area contributed by atoms with Crippen molar-refractivity contribution in [2.45, 2.75) is 6.42 Å². The molecule has 1 heterocycles. The molecule has 1 aromatic heterocycles. The van der Waals surface area contributed by atoms with Crippen molar-refractivity contribution in [2.24, 2.45) is 19.2 Å². The lowest BCUT2D eigenvalue weighted by molar-refractivity contribution is 0.675. The summed E-state index contributed by atoms with van der Waals surface area (Å²) in [6.45, 7) is 0. The maximum Gasteiger partial charge on any atom is 0.330 e. The van der Waals surface area contributed by atoms with E-state index in [9.17, 15) is 9.59 Å². The lowest BCUT2D eigenvalue weighted by Gasteiger charge is -2.11. The van der Waals surface area contributed by atoms with Gasteiger partial charge in [0.1, 0.15) is 5.82 Å². The SMILES string of the molecule is Cn1c(N=[N+]=[N-])c(Cc2ccccc2)c(=O)n(C)c1=O. The first-order chi connectivity index (χ1) is 9.56. The summed E-state index contributed by atoms with van der Waals surface area (Å²) in [6, 6.07) is 9.32. The van der Waals surface area contributed by atoms with E-state index in [-0.39, 0.29) is 5.82 Å². The number of nitrogens with zero attached hydrogens (tertiary/aromatic N) is 5. The Labute approximate surface area is 114 Å². The maximum absolute atomic E-state index is 12.2. The highest BCUT2D eigenvalue weighted by Gasteiger charge is 2.14. The third-order valence-electron chi connectivity index (χ3n) is 3.09. The fourth-order valence-electron chi connectivity index (χ4n) is 2.03. The molecule has 20 heavy (non-hydrogen) atoms. The Kier molecular flexibility index (Phi) is 3.72. The van der Waals surface area contributed by atoms with Crippen LogP contribution in [0.3, 0.4) is 0 Å². The molecular weight excluding hydrogens is 258 g/mol. The molecule has 2 rings (SSSR count). The van der Waals surface area contributed by atoms with E-state index in [1.54, 1.807) is 0 Å². The number of hydrogen-bond acceptors (Lipinski definition) is 3. The molecule has 2 aromatic rings. The van der Waals surface area contributed by atoms with Crippen molar-refractivity contribution in [2.75, 3.05) is 0 Å². The van der Waals surface area contributed by atoms with Gasteiger partial charge >= 0.3 is 5.69 Å². The van der Waals surface area contributed by atoms with E-state index >= 15 is 0 Å². The van der Waals surface area contributed by atoms with Crippen LogP contribution < -0.4 is 11.2 Å². The third kappa shape index (κ3) is 2.34. The summed E-state index contributed by atoms with van der Waals surface area (Å²) >= 11 is 0. The van der Waals surface area contributed by atoms with Crippen LogP contribution in [0.4, 0.5) is 5.82 Å². The highest BCUT2D eigenvalue weighted by atomic mass is 16.2. The topological polar surface area (TPSA) is 92.8 Å². The quantitative estimate of drug-likeness (QED) is 0.482. The highest BCUT2D eigenvalue weighted by Crippen LogP contribution is 2.17. The minimum atomic E-state index is -0.519. The van der Waals surface area contributed by atoms with Crippen molar-refractivity contribution >= 4 is 5.82 Å². The fourth-order valence-corrected chi connectivity index (χ4v) is 2.03. The minimum Gasteiger partial charge on any atom is -0.294 e. The monoisotopic (exact) mass is 271 g/mol. The molecule has 0 saturated heterocycles. The van der Waals surface area contributed by atoms with Crippen LogP contribution in [-0.2, 0) is 20.5 Å². The lowest BCUT2D eigenvalue weighted by Crippen LogP contribution is -2.38. The van der Waals surface area contributed by atoms with Gasteiger partial charge in [-0.05, 0) is 16.2 Å². The standard InChI is InChI=1S/C13H13N5O2/c1-17-11(15-16-14)10(12(19)18(2)13(17)20)8-9-6-4-3-5-7-9/h3-7H,8H2,1-2H3. The van der Waals surface area contributed by atoms with E-state index in [0.717, 1.165) is 10.1 Å². The summed E-state index contributed by atoms with van der Waals surface area (Å²) in [5, 5.41) is 3.50. The number of azide groups is 1. The Hall–Kier alpha value is -2.79. The van der Waals surface area contributed by atoms with Crippen LogP contribution in [-0.4, -0.2) is 9.13 Å². The van der Waals surface area contributed by atoms with Gasteiger partial charge in [-0.1, -0.05) is 30.3 Å². The molecule has 0 unspecified atom stereocenters. The molecule has 0 N–H and O–H groups in total. The Morgan fingerprint density at radius 1 is 1.15 bits per heavy atom. The Morgan fingerprint density at radius 3 is 2.40 bits per heavy atom. The van der Waals surface area contributed by atoms with E-state index in [1.807, 2.05) is 30.3 Å². The summed E-state index contributed by atoms with van der Waals surface area (Å²) < 4.78 is 2.19. The molecule has 0 spiro atoms. The zero-order valence-electron chi connectivity index (χ0n) is 11.1. The first-order valence-electron chi connectivity index (χ1n) is 5.94. The molecule has 102 valence electrons. The lowest BCUT2D eigenvalue weighted by atomic mass is 10.1. The van der Waals surface area contributed by atoms with Crippen LogP contribution in [0.1, 0.15) is 11.1 Å². The molecule has 7 heteroatoms. The molecule has 0 radical (unpaired) electrons. The Balaban J connectivity index is 2.71. The van der Waals surface area contributed by atoms with Crippen LogP contribution >= 0.6 is 0 Å². The van der Waals surface area contributed by atoms with Crippen molar-refractivity contribution in [1.82, 2.24) is 9.13 Å². The molecule has 0 fully saturated rings. The van der Waals surface area contributed by atoms with Crippen LogP contribution in [0.25, 0.3) is 10.4 Å². The average Bonchev–Trinajstić information content (AvgIpc) is 2.47. The number of rotatable bonds is 3. The van der Waals surface area contributed by atoms with Crippen molar-refractivity contribution < 1.29 is 0 Å². The van der Waals surface area contributed by atoms with Crippen LogP contribution in [0.2, 0.25) is 0 Å². The summed E-state index contributed by atoms with van der Waals surface area (Å²) in [6.07, 6.45) is 0.302. The molecule has 0 bridgehead atoms. The molecule has 7 nitrogen and oxygen atoms in total. The summed E-state index contributed by atoms with van der Waals surface area (Å²) in [7, 11) is 2.87. The van der Waals surface area contributed by atoms with Gasteiger partial charge in [-0.3, -0.25) is 13.9 Å². The molecular formula is C13H13N5O2. The van der Waals surface area contributed by atoms with Gasteiger partial charge in [0, 0.05) is 31.0 Å². The van der Waals surface area contributed by atoms with Crippen LogP contribution in [0.15, 0.2) is 45.0 Å². The molecule has 0 amide bonds. The minimum absolute atomic E-state index is 0.0597. The third-order valence-corrected chi connectivity index (χ3v) is 3.09. The number of aromatic nitrogens is 2. The smallest absolute Gasteiger partial charge is 0.294 e. The summed E-state index contributed by atoms with van der Waals surface area (Å²) in [4.78, 5) is 26.7. The van der Waals surface area contributed by atoms with Crippen molar-refractivity contribution in [3.63, 3.8) is 0 Å². The van der Waals surface area contributed by atoms with E-state index in [4.69, 9.17) is 5.53 Å². The van der Waals surface area contributed by atoms with Gasteiger partial charge in [0.15, 0.2) is 0 Å². The largest absolute Gasteiger partial charge is 0.330 e. The van der Waals surface area contributed by atoms with E-state index in [1.165, 1.54) is 18.7 Å². The Bertz CT molecular complexity index is 798. The molecule has 0 aliphatic heterocycles. The van der Waals surface area contributed by atoms with Crippen molar-refractivity contribution in [1.29, 1.82) is 0 Å². The first-order valence-corrected chi connectivity index (χ1v) is 5.94. The second-order valence-corrected chi connectivity index (χ2v) is 4.36. The zero-order chi connectivity index (χ0) is 14.7. The van der Waals surface area contributed by atoms with E-state index in [2.05, 4.69) is 10.0 Å². The highest BCUT2D eigenvalue weighted by molar-refractivity contribution is 5.41. The van der Waals surface area contributed by atoms with Gasteiger partial charge in [-0.2, -0.15) is 0 Å². The Morgan fingerprint density at radius 2 is 1.80 bits per heavy atom. The van der Waals surface area contributed by atoms with Gasteiger partial charge < -0.3 is 0 Å². The van der Waals surface area contributed by atoms with Gasteiger partial charge in [0.25, 0.3) is 5.56 Å². The predicted octanol–water partition coefficient (Wildman–Crippen LogP) is 1.62. The molecule has 0 atom stereocenters. The van der Waals surface area contributed by atoms with Crippen molar-refractivity contribution in [3.05, 3.63) is 72.7 Å². The van der Waals surface area contributed by atoms with Gasteiger partial charge in [-0.15, -0.1) is 0 Å². The van der Waals surface area contributed by atoms with Gasteiger partial charge in [-0.25, -0.2) is 4.79 Å². The van der Waals surface area contributed by atoms with Gasteiger partial charge in [0.05, 0.1) is 0 Å². The molecule has 0 saturated carbocycles. The average molecular weight is 271 g/mol. The number of benzene rings is 1. The summed E-state index contributed by atoms with van der Waals surface area (Å²) in [5.41, 5.74) is 8.86. The second kappa shape index (κ2) is 5.46. The van der Waals surface area contributed by atoms with Crippen molar-refractivity contribution in [3.8, 4) is 0 Å². The molecule has 0 aliphatic rings. The number of hydrogen-bond donors (Lipinski definition) is 0.